The average Bonchev–Trinajstić information content (AvgIpc) is 3.03. The Balaban J connectivity index is 1.71. The minimum absolute atomic E-state index is 0.106. The van der Waals surface area contributed by atoms with Crippen molar-refractivity contribution in [1.29, 1.82) is 0 Å². The van der Waals surface area contributed by atoms with E-state index in [-0.39, 0.29) is 5.76 Å². The molecule has 0 radical (unpaired) electrons. The normalized spacial score (nSPS) is 14.0. The molecule has 0 unspecified atom stereocenters. The Morgan fingerprint density at radius 3 is 2.78 bits per heavy atom. The molecular formula is C20H19FN2O3S. The Kier molecular flexibility index (Phi) is 4.47. The molecule has 4 rings (SSSR count). The van der Waals surface area contributed by atoms with Crippen LogP contribution >= 0.6 is 11.3 Å². The molecule has 1 aromatic carbocycles. The SMILES string of the molecule is Cc1c(C(=O)Nc2sc3c(c2C(N)=O)CCCCC3)oc2ccc(F)cc12. The predicted molar refractivity (Wildman–Crippen MR) is 103 cm³/mol. The molecule has 3 N–H and O–H groups in total. The third-order valence-corrected chi connectivity index (χ3v) is 6.21. The number of amides is 2. The first-order valence-corrected chi connectivity index (χ1v) is 9.71. The van der Waals surface area contributed by atoms with Crippen molar-refractivity contribution in [2.75, 3.05) is 5.32 Å². The van der Waals surface area contributed by atoms with Crippen LogP contribution in [0.3, 0.4) is 0 Å². The van der Waals surface area contributed by atoms with Gasteiger partial charge in [0, 0.05) is 15.8 Å². The van der Waals surface area contributed by atoms with Crippen LogP contribution in [-0.2, 0) is 12.8 Å². The number of thiophene rings is 1. The molecule has 27 heavy (non-hydrogen) atoms. The molecule has 0 spiro atoms. The predicted octanol–water partition coefficient (Wildman–Crippen LogP) is 4.56. The Hall–Kier alpha value is -2.67. The van der Waals surface area contributed by atoms with Gasteiger partial charge < -0.3 is 15.5 Å². The highest BCUT2D eigenvalue weighted by molar-refractivity contribution is 7.17. The molecule has 140 valence electrons. The number of hydrogen-bond acceptors (Lipinski definition) is 4. The number of primary amides is 1. The molecule has 2 aromatic heterocycles. The summed E-state index contributed by atoms with van der Waals surface area (Å²) in [5.41, 5.74) is 7.97. The number of rotatable bonds is 3. The number of anilines is 1. The maximum atomic E-state index is 13.5. The average molecular weight is 386 g/mol. The van der Waals surface area contributed by atoms with E-state index < -0.39 is 17.6 Å². The van der Waals surface area contributed by atoms with Crippen molar-refractivity contribution in [3.05, 3.63) is 51.3 Å². The lowest BCUT2D eigenvalue weighted by atomic mass is 10.1. The Morgan fingerprint density at radius 1 is 1.22 bits per heavy atom. The number of nitrogens with one attached hydrogen (secondary N) is 1. The zero-order chi connectivity index (χ0) is 19.1. The monoisotopic (exact) mass is 386 g/mol. The fourth-order valence-electron chi connectivity index (χ4n) is 3.66. The van der Waals surface area contributed by atoms with E-state index in [1.54, 1.807) is 6.92 Å². The minimum Gasteiger partial charge on any atom is -0.451 e. The van der Waals surface area contributed by atoms with Gasteiger partial charge in [-0.1, -0.05) is 6.42 Å². The topological polar surface area (TPSA) is 85.3 Å². The first kappa shape index (κ1) is 17.7. The van der Waals surface area contributed by atoms with Crippen LogP contribution in [0.2, 0.25) is 0 Å². The summed E-state index contributed by atoms with van der Waals surface area (Å²) in [5, 5.41) is 3.81. The highest BCUT2D eigenvalue weighted by Gasteiger charge is 2.26. The number of halogens is 1. The van der Waals surface area contributed by atoms with Crippen LogP contribution in [0.4, 0.5) is 9.39 Å². The van der Waals surface area contributed by atoms with Crippen molar-refractivity contribution in [2.24, 2.45) is 5.73 Å². The summed E-state index contributed by atoms with van der Waals surface area (Å²) in [7, 11) is 0. The second kappa shape index (κ2) is 6.81. The lowest BCUT2D eigenvalue weighted by Crippen LogP contribution is -2.18. The molecule has 3 aromatic rings. The summed E-state index contributed by atoms with van der Waals surface area (Å²) < 4.78 is 19.1. The third kappa shape index (κ3) is 3.12. The van der Waals surface area contributed by atoms with Crippen LogP contribution in [0.1, 0.15) is 56.2 Å². The molecule has 0 saturated carbocycles. The van der Waals surface area contributed by atoms with E-state index in [1.165, 1.54) is 29.5 Å². The highest BCUT2D eigenvalue weighted by Crippen LogP contribution is 2.38. The molecular weight excluding hydrogens is 367 g/mol. The molecule has 2 heterocycles. The Morgan fingerprint density at radius 2 is 2.00 bits per heavy atom. The quantitative estimate of drug-likeness (QED) is 0.647. The molecule has 7 heteroatoms. The molecule has 2 amide bonds. The molecule has 1 aliphatic carbocycles. The summed E-state index contributed by atoms with van der Waals surface area (Å²) in [6, 6.07) is 4.12. The molecule has 1 aliphatic rings. The van der Waals surface area contributed by atoms with Gasteiger partial charge in [0.25, 0.3) is 11.8 Å². The van der Waals surface area contributed by atoms with E-state index in [0.717, 1.165) is 42.5 Å². The lowest BCUT2D eigenvalue weighted by Gasteiger charge is -2.05. The van der Waals surface area contributed by atoms with Crippen molar-refractivity contribution in [3.8, 4) is 0 Å². The van der Waals surface area contributed by atoms with Gasteiger partial charge in [-0.15, -0.1) is 11.3 Å². The van der Waals surface area contributed by atoms with Crippen LogP contribution in [-0.4, -0.2) is 11.8 Å². The molecule has 0 atom stereocenters. The van der Waals surface area contributed by atoms with Gasteiger partial charge in [0.2, 0.25) is 0 Å². The fourth-order valence-corrected chi connectivity index (χ4v) is 4.95. The number of hydrogen-bond donors (Lipinski definition) is 2. The number of benzene rings is 1. The lowest BCUT2D eigenvalue weighted by molar-refractivity contribution is 0.0998. The first-order valence-electron chi connectivity index (χ1n) is 8.90. The molecule has 0 fully saturated rings. The second-order valence-corrected chi connectivity index (χ2v) is 7.89. The number of fused-ring (bicyclic) bond motifs is 2. The zero-order valence-electron chi connectivity index (χ0n) is 14.9. The van der Waals surface area contributed by atoms with E-state index in [9.17, 15) is 14.0 Å². The van der Waals surface area contributed by atoms with Crippen LogP contribution in [0.5, 0.6) is 0 Å². The summed E-state index contributed by atoms with van der Waals surface area (Å²) in [4.78, 5) is 26.0. The number of aryl methyl sites for hydroxylation is 2. The van der Waals surface area contributed by atoms with Gasteiger partial charge in [0.15, 0.2) is 5.76 Å². The van der Waals surface area contributed by atoms with Gasteiger partial charge in [-0.2, -0.15) is 0 Å². The number of furan rings is 1. The Labute approximate surface area is 159 Å². The number of carbonyl (C=O) groups is 2. The summed E-state index contributed by atoms with van der Waals surface area (Å²) >= 11 is 1.41. The summed E-state index contributed by atoms with van der Waals surface area (Å²) in [6.45, 7) is 1.71. The van der Waals surface area contributed by atoms with Gasteiger partial charge in [0.05, 0.1) is 5.56 Å². The van der Waals surface area contributed by atoms with Crippen LogP contribution < -0.4 is 11.1 Å². The van der Waals surface area contributed by atoms with Crippen molar-refractivity contribution in [1.82, 2.24) is 0 Å². The van der Waals surface area contributed by atoms with Gasteiger partial charge in [-0.25, -0.2) is 4.39 Å². The highest BCUT2D eigenvalue weighted by atomic mass is 32.1. The van der Waals surface area contributed by atoms with Crippen molar-refractivity contribution in [2.45, 2.75) is 39.0 Å². The maximum Gasteiger partial charge on any atom is 0.292 e. The molecule has 0 saturated heterocycles. The van der Waals surface area contributed by atoms with Crippen molar-refractivity contribution < 1.29 is 18.4 Å². The van der Waals surface area contributed by atoms with Gasteiger partial charge in [-0.05, 0) is 56.4 Å². The summed E-state index contributed by atoms with van der Waals surface area (Å²) in [6.07, 6.45) is 4.87. The van der Waals surface area contributed by atoms with E-state index >= 15 is 0 Å². The summed E-state index contributed by atoms with van der Waals surface area (Å²) in [5.74, 6) is -1.29. The van der Waals surface area contributed by atoms with Crippen LogP contribution in [0.15, 0.2) is 22.6 Å². The third-order valence-electron chi connectivity index (χ3n) is 5.00. The van der Waals surface area contributed by atoms with Crippen LogP contribution in [0, 0.1) is 12.7 Å². The number of carbonyl (C=O) groups excluding carboxylic acids is 2. The van der Waals surface area contributed by atoms with Crippen LogP contribution in [0.25, 0.3) is 11.0 Å². The minimum atomic E-state index is -0.534. The van der Waals surface area contributed by atoms with E-state index in [2.05, 4.69) is 5.32 Å². The van der Waals surface area contributed by atoms with Crippen molar-refractivity contribution in [3.63, 3.8) is 0 Å². The molecule has 0 aliphatic heterocycles. The van der Waals surface area contributed by atoms with Gasteiger partial charge in [0.1, 0.15) is 16.4 Å². The number of nitrogens with two attached hydrogens (primary N) is 1. The largest absolute Gasteiger partial charge is 0.451 e. The van der Waals surface area contributed by atoms with E-state index in [4.69, 9.17) is 10.2 Å². The fraction of sp³-hybridized carbons (Fsp3) is 0.300. The smallest absolute Gasteiger partial charge is 0.292 e. The molecule has 0 bridgehead atoms. The maximum absolute atomic E-state index is 13.5. The standard InChI is InChI=1S/C20H19FN2O3S/c1-10-13-9-11(21)7-8-14(13)26-17(10)19(25)23-20-16(18(22)24)12-5-3-2-4-6-15(12)27-20/h7-9H,2-6H2,1H3,(H2,22,24)(H,23,25). The van der Waals surface area contributed by atoms with Gasteiger partial charge in [-0.3, -0.25) is 9.59 Å². The van der Waals surface area contributed by atoms with E-state index in [1.807, 2.05) is 0 Å². The molecule has 5 nitrogen and oxygen atoms in total. The van der Waals surface area contributed by atoms with E-state index in [0.29, 0.717) is 27.1 Å². The Bertz CT molecular complexity index is 1070. The zero-order valence-corrected chi connectivity index (χ0v) is 15.7. The second-order valence-electron chi connectivity index (χ2n) is 6.78. The first-order chi connectivity index (χ1) is 13.0. The van der Waals surface area contributed by atoms with Gasteiger partial charge >= 0.3 is 0 Å². The van der Waals surface area contributed by atoms with Crippen molar-refractivity contribution >= 4 is 39.1 Å².